The molecular weight excluding hydrogens is 460 g/mol. The molecule has 0 fully saturated rings. The molecule has 0 spiro atoms. The van der Waals surface area contributed by atoms with Crippen molar-refractivity contribution in [1.82, 2.24) is 0 Å². The predicted octanol–water partition coefficient (Wildman–Crippen LogP) is 5.02. The number of nitrogens with zero attached hydrogens (tertiary/aromatic N) is 6. The lowest BCUT2D eigenvalue weighted by Crippen LogP contribution is -2.50. The van der Waals surface area contributed by atoms with E-state index in [1.165, 1.54) is 12.1 Å². The van der Waals surface area contributed by atoms with Crippen molar-refractivity contribution in [3.8, 4) is 0 Å². The normalized spacial score (nSPS) is 22.6. The molecule has 0 aromatic heterocycles. The fourth-order valence-electron chi connectivity index (χ4n) is 5.62. The number of nitro groups is 2. The first-order valence-corrected chi connectivity index (χ1v) is 11.6. The highest BCUT2D eigenvalue weighted by molar-refractivity contribution is 5.83. The third kappa shape index (κ3) is 2.90. The maximum Gasteiger partial charge on any atom is 0.271 e. The maximum atomic E-state index is 11.3. The van der Waals surface area contributed by atoms with Gasteiger partial charge in [-0.2, -0.15) is 0 Å². The zero-order valence-electron chi connectivity index (χ0n) is 21.1. The van der Waals surface area contributed by atoms with Crippen LogP contribution in [0.1, 0.15) is 25.0 Å². The summed E-state index contributed by atoms with van der Waals surface area (Å²) in [4.78, 5) is 30.3. The standard InChI is InChI=1S/C26H28N6O4/c1-25(27(3)21-13-11-19(31(33)34)15-23(21)29(25)5)17-7-9-18(10-8-17)26(2)28(4)22-14-12-20(32(35)36)16-24(22)30(26)6/h7-16H,1-6H3. The van der Waals surface area contributed by atoms with Gasteiger partial charge in [0.2, 0.25) is 0 Å². The first-order chi connectivity index (χ1) is 16.9. The average Bonchev–Trinajstić information content (AvgIpc) is 3.20. The summed E-state index contributed by atoms with van der Waals surface area (Å²) >= 11 is 0. The number of hydrogen-bond donors (Lipinski definition) is 0. The smallest absolute Gasteiger partial charge is 0.271 e. The first-order valence-electron chi connectivity index (χ1n) is 11.6. The Balaban J connectivity index is 1.51. The molecule has 0 saturated heterocycles. The average molecular weight is 489 g/mol. The quantitative estimate of drug-likeness (QED) is 0.373. The Labute approximate surface area is 209 Å². The van der Waals surface area contributed by atoms with Crippen LogP contribution in [0.5, 0.6) is 0 Å². The van der Waals surface area contributed by atoms with Crippen LogP contribution in [-0.2, 0) is 11.3 Å². The largest absolute Gasteiger partial charge is 0.347 e. The van der Waals surface area contributed by atoms with Crippen molar-refractivity contribution < 1.29 is 9.85 Å². The van der Waals surface area contributed by atoms with E-state index in [1.807, 2.05) is 28.2 Å². The minimum Gasteiger partial charge on any atom is -0.347 e. The summed E-state index contributed by atoms with van der Waals surface area (Å²) in [6, 6.07) is 18.2. The van der Waals surface area contributed by atoms with Gasteiger partial charge in [-0.1, -0.05) is 24.3 Å². The van der Waals surface area contributed by atoms with E-state index in [0.717, 1.165) is 33.9 Å². The van der Waals surface area contributed by atoms with E-state index in [-0.39, 0.29) is 21.2 Å². The molecule has 2 heterocycles. The maximum absolute atomic E-state index is 11.3. The number of fused-ring (bicyclic) bond motifs is 2. The number of anilines is 4. The Bertz CT molecular complexity index is 1300. The van der Waals surface area contributed by atoms with Crippen molar-refractivity contribution >= 4 is 34.1 Å². The third-order valence-corrected chi connectivity index (χ3v) is 8.38. The van der Waals surface area contributed by atoms with Gasteiger partial charge in [0, 0.05) is 52.5 Å². The number of nitro benzene ring substituents is 2. The van der Waals surface area contributed by atoms with Crippen molar-refractivity contribution in [2.45, 2.75) is 25.2 Å². The summed E-state index contributed by atoms with van der Waals surface area (Å²) in [5.74, 6) is 0. The monoisotopic (exact) mass is 488 g/mol. The van der Waals surface area contributed by atoms with Crippen LogP contribution < -0.4 is 19.6 Å². The molecule has 0 aliphatic carbocycles. The minimum absolute atomic E-state index is 0.0635. The molecule has 0 bridgehead atoms. The van der Waals surface area contributed by atoms with Crippen LogP contribution in [0.25, 0.3) is 0 Å². The molecular formula is C26H28N6O4. The molecule has 2 unspecified atom stereocenters. The lowest BCUT2D eigenvalue weighted by Gasteiger charge is -2.42. The molecule has 0 radical (unpaired) electrons. The molecule has 36 heavy (non-hydrogen) atoms. The fraction of sp³-hybridized carbons (Fsp3) is 0.308. The second kappa shape index (κ2) is 7.58. The Morgan fingerprint density at radius 1 is 0.556 bits per heavy atom. The van der Waals surface area contributed by atoms with Gasteiger partial charge >= 0.3 is 0 Å². The second-order valence-corrected chi connectivity index (χ2v) is 9.72. The molecule has 0 N–H and O–H groups in total. The predicted molar refractivity (Wildman–Crippen MR) is 141 cm³/mol. The van der Waals surface area contributed by atoms with Gasteiger partial charge in [0.15, 0.2) is 0 Å². The summed E-state index contributed by atoms with van der Waals surface area (Å²) in [6.45, 7) is 4.19. The minimum atomic E-state index is -0.548. The van der Waals surface area contributed by atoms with Crippen LogP contribution in [0.15, 0.2) is 60.7 Å². The van der Waals surface area contributed by atoms with E-state index in [4.69, 9.17) is 0 Å². The zero-order chi connectivity index (χ0) is 26.2. The van der Waals surface area contributed by atoms with Crippen LogP contribution in [0.3, 0.4) is 0 Å². The van der Waals surface area contributed by atoms with Gasteiger partial charge in [0.25, 0.3) is 11.4 Å². The van der Waals surface area contributed by atoms with Crippen molar-refractivity contribution in [1.29, 1.82) is 0 Å². The highest BCUT2D eigenvalue weighted by Gasteiger charge is 2.46. The van der Waals surface area contributed by atoms with Gasteiger partial charge in [-0.05, 0) is 37.1 Å². The van der Waals surface area contributed by atoms with Gasteiger partial charge in [0.05, 0.1) is 32.6 Å². The lowest BCUT2D eigenvalue weighted by atomic mass is 9.93. The highest BCUT2D eigenvalue weighted by Crippen LogP contribution is 2.51. The topological polar surface area (TPSA) is 99.2 Å². The molecule has 5 rings (SSSR count). The summed E-state index contributed by atoms with van der Waals surface area (Å²) in [5, 5.41) is 22.7. The van der Waals surface area contributed by atoms with Crippen LogP contribution >= 0.6 is 0 Å². The second-order valence-electron chi connectivity index (χ2n) is 9.72. The molecule has 0 saturated carbocycles. The molecule has 10 nitrogen and oxygen atoms in total. The summed E-state index contributed by atoms with van der Waals surface area (Å²) in [7, 11) is 7.88. The summed E-state index contributed by atoms with van der Waals surface area (Å²) in [6.07, 6.45) is 0. The van der Waals surface area contributed by atoms with E-state index in [9.17, 15) is 20.2 Å². The molecule has 3 aromatic carbocycles. The molecule has 10 heteroatoms. The van der Waals surface area contributed by atoms with E-state index >= 15 is 0 Å². The highest BCUT2D eigenvalue weighted by atomic mass is 16.6. The number of hydrogen-bond acceptors (Lipinski definition) is 8. The Hall–Kier alpha value is -4.34. The Morgan fingerprint density at radius 3 is 1.17 bits per heavy atom. The van der Waals surface area contributed by atoms with Crippen molar-refractivity contribution in [2.75, 3.05) is 47.8 Å². The Kier molecular flexibility index (Phi) is 4.93. The third-order valence-electron chi connectivity index (χ3n) is 8.38. The van der Waals surface area contributed by atoms with Crippen LogP contribution in [-0.4, -0.2) is 38.0 Å². The van der Waals surface area contributed by atoms with Crippen LogP contribution in [0.2, 0.25) is 0 Å². The van der Waals surface area contributed by atoms with Crippen LogP contribution in [0, 0.1) is 20.2 Å². The first kappa shape index (κ1) is 23.4. The molecule has 0 amide bonds. The number of benzene rings is 3. The molecule has 2 aliphatic rings. The van der Waals surface area contributed by atoms with Crippen molar-refractivity contribution in [3.63, 3.8) is 0 Å². The van der Waals surface area contributed by atoms with E-state index in [0.29, 0.717) is 0 Å². The van der Waals surface area contributed by atoms with Gasteiger partial charge in [-0.15, -0.1) is 0 Å². The van der Waals surface area contributed by atoms with Crippen molar-refractivity contribution in [2.24, 2.45) is 0 Å². The SMILES string of the molecule is CN1c2ccc([N+](=O)[O-])cc2N(C)C1(C)c1ccc(C2(C)N(C)c3ccc([N+](=O)[O-])cc3N2C)cc1. The van der Waals surface area contributed by atoms with Crippen molar-refractivity contribution in [3.05, 3.63) is 92.0 Å². The molecule has 2 aliphatic heterocycles. The van der Waals surface area contributed by atoms with Gasteiger partial charge in [-0.25, -0.2) is 0 Å². The zero-order valence-corrected chi connectivity index (χ0v) is 21.1. The van der Waals surface area contributed by atoms with Gasteiger partial charge in [0.1, 0.15) is 11.3 Å². The molecule has 3 aromatic rings. The fourth-order valence-corrected chi connectivity index (χ4v) is 5.62. The molecule has 2 atom stereocenters. The summed E-state index contributed by atoms with van der Waals surface area (Å²) < 4.78 is 0. The van der Waals surface area contributed by atoms with Gasteiger partial charge in [-0.3, -0.25) is 20.2 Å². The number of non-ortho nitro benzene ring substituents is 2. The van der Waals surface area contributed by atoms with E-state index in [1.54, 1.807) is 24.3 Å². The van der Waals surface area contributed by atoms with Crippen LogP contribution in [0.4, 0.5) is 34.1 Å². The number of rotatable bonds is 4. The lowest BCUT2D eigenvalue weighted by molar-refractivity contribution is -0.385. The van der Waals surface area contributed by atoms with E-state index in [2.05, 4.69) is 57.7 Å². The summed E-state index contributed by atoms with van der Waals surface area (Å²) in [5.41, 5.74) is 4.56. The van der Waals surface area contributed by atoms with E-state index < -0.39 is 11.3 Å². The Morgan fingerprint density at radius 2 is 0.861 bits per heavy atom. The molecule has 186 valence electrons. The van der Waals surface area contributed by atoms with Gasteiger partial charge < -0.3 is 19.6 Å².